The lowest BCUT2D eigenvalue weighted by atomic mass is 9.93. The normalized spacial score (nSPS) is 15.6. The Labute approximate surface area is 125 Å². The minimum absolute atomic E-state index is 0.299. The third-order valence-corrected chi connectivity index (χ3v) is 5.00. The summed E-state index contributed by atoms with van der Waals surface area (Å²) in [6.45, 7) is 1.67. The minimum atomic E-state index is -4.12. The van der Waals surface area contributed by atoms with Crippen LogP contribution in [0.5, 0.6) is 0 Å². The second kappa shape index (κ2) is 7.35. The van der Waals surface area contributed by atoms with E-state index in [0.717, 1.165) is 5.56 Å². The minimum Gasteiger partial charge on any atom is -0.286 e. The molecule has 0 heterocycles. The summed E-state index contributed by atoms with van der Waals surface area (Å²) in [7, 11) is -8.16. The van der Waals surface area contributed by atoms with Crippen molar-refractivity contribution < 1.29 is 25.9 Å². The molecule has 0 aliphatic carbocycles. The SMILES string of the molecule is CC(CCC(CS(=O)(=O)O)c1ccccc1)CS(=O)(=O)O. The molecule has 0 saturated heterocycles. The number of benzene rings is 1. The van der Waals surface area contributed by atoms with Crippen molar-refractivity contribution in [2.75, 3.05) is 11.5 Å². The van der Waals surface area contributed by atoms with Gasteiger partial charge in [0.15, 0.2) is 0 Å². The van der Waals surface area contributed by atoms with Crippen molar-refractivity contribution in [3.63, 3.8) is 0 Å². The van der Waals surface area contributed by atoms with Crippen molar-refractivity contribution in [2.24, 2.45) is 5.92 Å². The smallest absolute Gasteiger partial charge is 0.265 e. The molecule has 120 valence electrons. The molecule has 0 bridgehead atoms. The monoisotopic (exact) mass is 336 g/mol. The predicted molar refractivity (Wildman–Crippen MR) is 80.4 cm³/mol. The fraction of sp³-hybridized carbons (Fsp3) is 0.538. The van der Waals surface area contributed by atoms with E-state index in [2.05, 4.69) is 0 Å². The Hall–Kier alpha value is -0.960. The van der Waals surface area contributed by atoms with E-state index in [-0.39, 0.29) is 11.7 Å². The van der Waals surface area contributed by atoms with Gasteiger partial charge in [-0.2, -0.15) is 16.8 Å². The quantitative estimate of drug-likeness (QED) is 0.702. The van der Waals surface area contributed by atoms with E-state index in [1.54, 1.807) is 37.3 Å². The molecule has 0 saturated carbocycles. The van der Waals surface area contributed by atoms with Gasteiger partial charge in [-0.15, -0.1) is 0 Å². The predicted octanol–water partition coefficient (Wildman–Crippen LogP) is 1.96. The zero-order valence-corrected chi connectivity index (χ0v) is 13.3. The van der Waals surface area contributed by atoms with Crippen LogP contribution in [0, 0.1) is 5.92 Å². The highest BCUT2D eigenvalue weighted by atomic mass is 32.2. The van der Waals surface area contributed by atoms with Crippen LogP contribution in [0.15, 0.2) is 30.3 Å². The van der Waals surface area contributed by atoms with Crippen molar-refractivity contribution in [2.45, 2.75) is 25.7 Å². The van der Waals surface area contributed by atoms with E-state index in [9.17, 15) is 16.8 Å². The maximum atomic E-state index is 11.1. The molecule has 6 nitrogen and oxygen atoms in total. The van der Waals surface area contributed by atoms with E-state index in [1.807, 2.05) is 0 Å². The van der Waals surface area contributed by atoms with E-state index in [0.29, 0.717) is 12.8 Å². The maximum Gasteiger partial charge on any atom is 0.265 e. The Bertz CT molecular complexity index is 636. The summed E-state index contributed by atoms with van der Waals surface area (Å²) >= 11 is 0. The van der Waals surface area contributed by atoms with Crippen molar-refractivity contribution >= 4 is 20.2 Å². The second-order valence-electron chi connectivity index (χ2n) is 5.29. The van der Waals surface area contributed by atoms with Crippen molar-refractivity contribution in [1.82, 2.24) is 0 Å². The summed E-state index contributed by atoms with van der Waals surface area (Å²) in [5, 5.41) is 0. The van der Waals surface area contributed by atoms with Gasteiger partial charge in [0.2, 0.25) is 0 Å². The molecule has 2 unspecified atom stereocenters. The lowest BCUT2D eigenvalue weighted by Crippen LogP contribution is -2.17. The molecule has 1 aromatic rings. The fourth-order valence-electron chi connectivity index (χ4n) is 2.25. The molecule has 0 aromatic heterocycles. The maximum absolute atomic E-state index is 11.1. The molecule has 21 heavy (non-hydrogen) atoms. The number of rotatable bonds is 8. The van der Waals surface area contributed by atoms with Crippen LogP contribution in [0.3, 0.4) is 0 Å². The van der Waals surface area contributed by atoms with Crippen LogP contribution in [-0.4, -0.2) is 37.4 Å². The van der Waals surface area contributed by atoms with Crippen LogP contribution in [-0.2, 0) is 20.2 Å². The zero-order chi connectivity index (χ0) is 16.1. The highest BCUT2D eigenvalue weighted by Gasteiger charge is 2.21. The van der Waals surface area contributed by atoms with Crippen LogP contribution in [0.4, 0.5) is 0 Å². The number of hydrogen-bond acceptors (Lipinski definition) is 4. The van der Waals surface area contributed by atoms with Crippen LogP contribution >= 0.6 is 0 Å². The first-order valence-electron chi connectivity index (χ1n) is 6.52. The van der Waals surface area contributed by atoms with Crippen molar-refractivity contribution in [1.29, 1.82) is 0 Å². The lowest BCUT2D eigenvalue weighted by Gasteiger charge is -2.18. The average Bonchev–Trinajstić information content (AvgIpc) is 2.32. The van der Waals surface area contributed by atoms with Crippen molar-refractivity contribution in [3.05, 3.63) is 35.9 Å². The molecule has 2 atom stereocenters. The van der Waals surface area contributed by atoms with Gasteiger partial charge in [-0.05, 0) is 24.3 Å². The molecule has 1 rings (SSSR count). The van der Waals surface area contributed by atoms with Gasteiger partial charge in [-0.25, -0.2) is 0 Å². The molecule has 0 radical (unpaired) electrons. The molecule has 0 aliphatic heterocycles. The summed E-state index contributed by atoms with van der Waals surface area (Å²) in [6.07, 6.45) is 0.829. The summed E-state index contributed by atoms with van der Waals surface area (Å²) in [5.41, 5.74) is 0.772. The first kappa shape index (κ1) is 18.1. The topological polar surface area (TPSA) is 109 Å². The highest BCUT2D eigenvalue weighted by molar-refractivity contribution is 7.86. The van der Waals surface area contributed by atoms with Gasteiger partial charge < -0.3 is 0 Å². The Morgan fingerprint density at radius 3 is 1.90 bits per heavy atom. The summed E-state index contributed by atoms with van der Waals surface area (Å²) in [4.78, 5) is 0. The summed E-state index contributed by atoms with van der Waals surface area (Å²) in [6, 6.07) is 8.88. The van der Waals surface area contributed by atoms with E-state index in [4.69, 9.17) is 9.11 Å². The Morgan fingerprint density at radius 1 is 0.905 bits per heavy atom. The van der Waals surface area contributed by atoms with Gasteiger partial charge >= 0.3 is 0 Å². The Kier molecular flexibility index (Phi) is 6.33. The van der Waals surface area contributed by atoms with Gasteiger partial charge in [0.1, 0.15) is 0 Å². The zero-order valence-electron chi connectivity index (χ0n) is 11.7. The lowest BCUT2D eigenvalue weighted by molar-refractivity contribution is 0.445. The molecule has 2 N–H and O–H groups in total. The molecule has 1 aromatic carbocycles. The second-order valence-corrected chi connectivity index (χ2v) is 8.28. The highest BCUT2D eigenvalue weighted by Crippen LogP contribution is 2.25. The molecule has 0 fully saturated rings. The van der Waals surface area contributed by atoms with Crippen LogP contribution in [0.1, 0.15) is 31.2 Å². The summed E-state index contributed by atoms with van der Waals surface area (Å²) in [5.74, 6) is -1.48. The standard InChI is InChI=1S/C13H20O6S2/c1-11(9-20(14,15)16)7-8-13(10-21(17,18)19)12-5-3-2-4-6-12/h2-6,11,13H,7-10H2,1H3,(H,14,15,16)(H,17,18,19). The molecule has 0 amide bonds. The first-order valence-corrected chi connectivity index (χ1v) is 9.74. The Morgan fingerprint density at radius 2 is 1.43 bits per heavy atom. The van der Waals surface area contributed by atoms with Gasteiger partial charge in [0.05, 0.1) is 11.5 Å². The Balaban J connectivity index is 2.75. The van der Waals surface area contributed by atoms with E-state index < -0.39 is 31.9 Å². The van der Waals surface area contributed by atoms with Gasteiger partial charge in [-0.3, -0.25) is 9.11 Å². The molecular weight excluding hydrogens is 316 g/mol. The molecule has 0 aliphatic rings. The van der Waals surface area contributed by atoms with E-state index >= 15 is 0 Å². The molecular formula is C13H20O6S2. The largest absolute Gasteiger partial charge is 0.286 e. The van der Waals surface area contributed by atoms with Crippen LogP contribution in [0.25, 0.3) is 0 Å². The van der Waals surface area contributed by atoms with Crippen LogP contribution < -0.4 is 0 Å². The van der Waals surface area contributed by atoms with E-state index in [1.165, 1.54) is 0 Å². The fourth-order valence-corrected chi connectivity index (χ4v) is 4.01. The summed E-state index contributed by atoms with van der Waals surface area (Å²) < 4.78 is 61.7. The third-order valence-electron chi connectivity index (χ3n) is 3.19. The molecule has 0 spiro atoms. The number of hydrogen-bond donors (Lipinski definition) is 2. The molecule has 8 heteroatoms. The average molecular weight is 336 g/mol. The first-order chi connectivity index (χ1) is 9.57. The van der Waals surface area contributed by atoms with Crippen LogP contribution in [0.2, 0.25) is 0 Å². The third kappa shape index (κ3) is 8.15. The van der Waals surface area contributed by atoms with Crippen molar-refractivity contribution in [3.8, 4) is 0 Å². The van der Waals surface area contributed by atoms with Gasteiger partial charge in [-0.1, -0.05) is 37.3 Å². The van der Waals surface area contributed by atoms with Gasteiger partial charge in [0.25, 0.3) is 20.2 Å². The van der Waals surface area contributed by atoms with Gasteiger partial charge in [0, 0.05) is 5.92 Å².